The number of hydrogen-bond acceptors (Lipinski definition) is 2. The molecule has 1 aliphatic carbocycles. The van der Waals surface area contributed by atoms with E-state index in [0.717, 1.165) is 28.9 Å². The van der Waals surface area contributed by atoms with Crippen molar-refractivity contribution in [3.63, 3.8) is 0 Å². The zero-order chi connectivity index (χ0) is 13.4. The second-order valence-electron chi connectivity index (χ2n) is 4.85. The number of phenols is 1. The van der Waals surface area contributed by atoms with Crippen LogP contribution in [-0.2, 0) is 0 Å². The number of halogens is 1. The molecule has 96 valence electrons. The molecule has 0 radical (unpaired) electrons. The Labute approximate surface area is 117 Å². The fraction of sp³-hybridized carbons (Fsp3) is 0.188. The minimum atomic E-state index is 0.262. The number of para-hydroxylation sites is 1. The van der Waals surface area contributed by atoms with E-state index in [0.29, 0.717) is 5.02 Å². The Balaban J connectivity index is 2.15. The lowest BCUT2D eigenvalue weighted by Gasteiger charge is -2.07. The van der Waals surface area contributed by atoms with Crippen LogP contribution in [0, 0.1) is 0 Å². The van der Waals surface area contributed by atoms with Gasteiger partial charge in [-0.1, -0.05) is 36.7 Å². The average molecular weight is 272 g/mol. The predicted octanol–water partition coefficient (Wildman–Crippen LogP) is 4.67. The molecule has 2 aromatic rings. The summed E-state index contributed by atoms with van der Waals surface area (Å²) in [6.45, 7) is 2.11. The van der Waals surface area contributed by atoms with Crippen molar-refractivity contribution in [2.75, 3.05) is 0 Å². The minimum Gasteiger partial charge on any atom is -0.507 e. The molecule has 1 atom stereocenters. The Morgan fingerprint density at radius 1 is 1.16 bits per heavy atom. The lowest BCUT2D eigenvalue weighted by atomic mass is 10.0. The molecule has 0 spiro atoms. The van der Waals surface area contributed by atoms with Gasteiger partial charge in [0, 0.05) is 10.6 Å². The second kappa shape index (κ2) is 4.71. The molecule has 0 amide bonds. The summed E-state index contributed by atoms with van der Waals surface area (Å²) in [6, 6.07) is 13.2. The van der Waals surface area contributed by atoms with Gasteiger partial charge in [-0.3, -0.25) is 4.99 Å². The topological polar surface area (TPSA) is 32.6 Å². The van der Waals surface area contributed by atoms with Gasteiger partial charge in [-0.25, -0.2) is 0 Å². The largest absolute Gasteiger partial charge is 0.507 e. The summed E-state index contributed by atoms with van der Waals surface area (Å²) >= 11 is 6.24. The molecular formula is C16H14ClNO. The predicted molar refractivity (Wildman–Crippen MR) is 78.8 cm³/mol. The van der Waals surface area contributed by atoms with Gasteiger partial charge in [-0.2, -0.15) is 0 Å². The maximum absolute atomic E-state index is 10.1. The molecular weight excluding hydrogens is 258 g/mol. The van der Waals surface area contributed by atoms with Crippen LogP contribution in [0.4, 0.5) is 5.69 Å². The van der Waals surface area contributed by atoms with Gasteiger partial charge in [-0.15, -0.1) is 0 Å². The van der Waals surface area contributed by atoms with Crippen LogP contribution in [0.2, 0.25) is 5.02 Å². The van der Waals surface area contributed by atoms with Crippen LogP contribution in [0.3, 0.4) is 0 Å². The number of rotatable bonds is 1. The first-order chi connectivity index (χ1) is 9.16. The van der Waals surface area contributed by atoms with Crippen molar-refractivity contribution in [2.45, 2.75) is 19.3 Å². The Bertz CT molecular complexity index is 649. The molecule has 0 aromatic heterocycles. The van der Waals surface area contributed by atoms with E-state index in [1.807, 2.05) is 30.3 Å². The zero-order valence-electron chi connectivity index (χ0n) is 10.6. The molecule has 0 bridgehead atoms. The lowest BCUT2D eigenvalue weighted by Crippen LogP contribution is -1.94. The van der Waals surface area contributed by atoms with E-state index in [9.17, 15) is 5.11 Å². The van der Waals surface area contributed by atoms with Crippen molar-refractivity contribution in [1.82, 2.24) is 0 Å². The summed E-state index contributed by atoms with van der Waals surface area (Å²) in [5, 5.41) is 10.8. The molecule has 0 heterocycles. The molecule has 0 fully saturated rings. The minimum absolute atomic E-state index is 0.262. The van der Waals surface area contributed by atoms with Gasteiger partial charge in [0.15, 0.2) is 0 Å². The van der Waals surface area contributed by atoms with E-state index >= 15 is 0 Å². The third-order valence-corrected chi connectivity index (χ3v) is 3.80. The summed E-state index contributed by atoms with van der Waals surface area (Å²) in [5.41, 5.74) is 3.63. The smallest absolute Gasteiger partial charge is 0.125 e. The fourth-order valence-corrected chi connectivity index (χ4v) is 2.97. The molecule has 19 heavy (non-hydrogen) atoms. The summed E-state index contributed by atoms with van der Waals surface area (Å²) in [4.78, 5) is 4.65. The third kappa shape index (κ3) is 2.13. The number of aliphatic imine (C=N–C) groups is 1. The van der Waals surface area contributed by atoms with Crippen molar-refractivity contribution in [1.29, 1.82) is 0 Å². The van der Waals surface area contributed by atoms with Crippen LogP contribution in [0.25, 0.3) is 0 Å². The molecule has 1 N–H and O–H groups in total. The van der Waals surface area contributed by atoms with E-state index in [-0.39, 0.29) is 11.7 Å². The Morgan fingerprint density at radius 3 is 2.63 bits per heavy atom. The van der Waals surface area contributed by atoms with Gasteiger partial charge in [0.05, 0.1) is 11.4 Å². The highest BCUT2D eigenvalue weighted by atomic mass is 35.5. The lowest BCUT2D eigenvalue weighted by molar-refractivity contribution is 0.474. The third-order valence-electron chi connectivity index (χ3n) is 3.47. The standard InChI is InChI=1S/C16H14ClNO/c1-10-9-13(18-11-5-3-2-4-6-11)16-14(19)8-7-12(17)15(10)16/h2-8,10,19H,9H2,1H3/t10-/m0/s1. The van der Waals surface area contributed by atoms with Gasteiger partial charge in [0.2, 0.25) is 0 Å². The molecule has 0 unspecified atom stereocenters. The highest BCUT2D eigenvalue weighted by Gasteiger charge is 2.29. The maximum atomic E-state index is 10.1. The number of aromatic hydroxyl groups is 1. The molecule has 0 saturated heterocycles. The van der Waals surface area contributed by atoms with Crippen LogP contribution in [0.1, 0.15) is 30.4 Å². The van der Waals surface area contributed by atoms with Crippen molar-refractivity contribution < 1.29 is 5.11 Å². The number of benzene rings is 2. The Hall–Kier alpha value is -1.80. The van der Waals surface area contributed by atoms with E-state index in [1.54, 1.807) is 12.1 Å². The number of phenolic OH excluding ortho intramolecular Hbond substituents is 1. The van der Waals surface area contributed by atoms with Gasteiger partial charge in [0.1, 0.15) is 5.75 Å². The van der Waals surface area contributed by atoms with E-state index in [2.05, 4.69) is 11.9 Å². The van der Waals surface area contributed by atoms with E-state index in [1.165, 1.54) is 0 Å². The molecule has 0 aliphatic heterocycles. The van der Waals surface area contributed by atoms with Gasteiger partial charge in [-0.05, 0) is 42.2 Å². The SMILES string of the molecule is C[C@H]1CC(=Nc2ccccc2)c2c(O)ccc(Cl)c21. The van der Waals surface area contributed by atoms with Gasteiger partial charge < -0.3 is 5.11 Å². The Morgan fingerprint density at radius 2 is 1.89 bits per heavy atom. The number of hydrogen-bond donors (Lipinski definition) is 1. The molecule has 2 aromatic carbocycles. The highest BCUT2D eigenvalue weighted by Crippen LogP contribution is 2.42. The Kier molecular flexibility index (Phi) is 3.03. The summed E-state index contributed by atoms with van der Waals surface area (Å²) < 4.78 is 0. The van der Waals surface area contributed by atoms with Crippen molar-refractivity contribution in [3.05, 3.63) is 58.6 Å². The fourth-order valence-electron chi connectivity index (χ4n) is 2.62. The average Bonchev–Trinajstić information content (AvgIpc) is 2.73. The van der Waals surface area contributed by atoms with Crippen molar-refractivity contribution in [2.24, 2.45) is 4.99 Å². The van der Waals surface area contributed by atoms with Gasteiger partial charge in [0.25, 0.3) is 0 Å². The van der Waals surface area contributed by atoms with Crippen LogP contribution in [-0.4, -0.2) is 10.8 Å². The molecule has 1 aliphatic rings. The second-order valence-corrected chi connectivity index (χ2v) is 5.26. The quantitative estimate of drug-likeness (QED) is 0.803. The van der Waals surface area contributed by atoms with Gasteiger partial charge >= 0.3 is 0 Å². The van der Waals surface area contributed by atoms with Crippen molar-refractivity contribution in [3.8, 4) is 5.75 Å². The molecule has 2 nitrogen and oxygen atoms in total. The van der Waals surface area contributed by atoms with Crippen LogP contribution >= 0.6 is 11.6 Å². The van der Waals surface area contributed by atoms with Crippen LogP contribution in [0.5, 0.6) is 5.75 Å². The first kappa shape index (κ1) is 12.2. The first-order valence-electron chi connectivity index (χ1n) is 6.31. The number of fused-ring (bicyclic) bond motifs is 1. The summed E-state index contributed by atoms with van der Waals surface area (Å²) in [6.07, 6.45) is 0.807. The molecule has 0 saturated carbocycles. The van der Waals surface area contributed by atoms with Crippen molar-refractivity contribution >= 4 is 23.0 Å². The summed E-state index contributed by atoms with van der Waals surface area (Å²) in [7, 11) is 0. The van der Waals surface area contributed by atoms with E-state index in [4.69, 9.17) is 11.6 Å². The van der Waals surface area contributed by atoms with Crippen LogP contribution in [0.15, 0.2) is 47.5 Å². The first-order valence-corrected chi connectivity index (χ1v) is 6.69. The maximum Gasteiger partial charge on any atom is 0.125 e. The van der Waals surface area contributed by atoms with E-state index < -0.39 is 0 Å². The normalized spacial score (nSPS) is 19.7. The molecule has 3 heteroatoms. The monoisotopic (exact) mass is 271 g/mol. The summed E-state index contributed by atoms with van der Waals surface area (Å²) in [5.74, 6) is 0.551. The van der Waals surface area contributed by atoms with Crippen LogP contribution < -0.4 is 0 Å². The molecule has 3 rings (SSSR count). The highest BCUT2D eigenvalue weighted by molar-refractivity contribution is 6.32. The zero-order valence-corrected chi connectivity index (χ0v) is 11.4. The number of nitrogens with zero attached hydrogens (tertiary/aromatic N) is 1.